The smallest absolute Gasteiger partial charge is 0.356 e. The van der Waals surface area contributed by atoms with Gasteiger partial charge in [-0.3, -0.25) is 4.79 Å². The van der Waals surface area contributed by atoms with Crippen molar-refractivity contribution in [1.29, 1.82) is 0 Å². The maximum absolute atomic E-state index is 14.1. The van der Waals surface area contributed by atoms with E-state index >= 15 is 0 Å². The third kappa shape index (κ3) is 5.06. The molecule has 1 heterocycles. The molecule has 0 bridgehead atoms. The van der Waals surface area contributed by atoms with Gasteiger partial charge in [-0.15, -0.1) is 0 Å². The predicted molar refractivity (Wildman–Crippen MR) is 144 cm³/mol. The molecule has 1 saturated carbocycles. The van der Waals surface area contributed by atoms with Crippen LogP contribution in [0.3, 0.4) is 0 Å². The van der Waals surface area contributed by atoms with Crippen molar-refractivity contribution in [3.63, 3.8) is 0 Å². The molecule has 3 aromatic carbocycles. The second kappa shape index (κ2) is 10.3. The van der Waals surface area contributed by atoms with E-state index in [4.69, 9.17) is 11.6 Å². The molecule has 200 valence electrons. The van der Waals surface area contributed by atoms with Crippen molar-refractivity contribution in [2.24, 2.45) is 0 Å². The summed E-state index contributed by atoms with van der Waals surface area (Å²) in [5.41, 5.74) is 0.476. The summed E-state index contributed by atoms with van der Waals surface area (Å²) < 4.78 is 30.6. The molecular weight excluding hydrogens is 542 g/mol. The summed E-state index contributed by atoms with van der Waals surface area (Å²) in [5.74, 6) is -3.00. The number of aromatic carboxylic acids is 1. The molecular formula is C28H24ClN3O6S. The molecule has 0 saturated heterocycles. The Balaban J connectivity index is 1.51. The van der Waals surface area contributed by atoms with Crippen LogP contribution in [0.4, 0.5) is 0 Å². The van der Waals surface area contributed by atoms with Crippen LogP contribution in [0.1, 0.15) is 28.4 Å². The number of imidazole rings is 1. The van der Waals surface area contributed by atoms with Gasteiger partial charge in [-0.2, -0.15) is 4.31 Å². The fourth-order valence-electron chi connectivity index (χ4n) is 4.87. The number of nitrogens with zero attached hydrogens (tertiary/aromatic N) is 3. The summed E-state index contributed by atoms with van der Waals surface area (Å²) in [5, 5.41) is 20.2. The van der Waals surface area contributed by atoms with Crippen LogP contribution in [0.5, 0.6) is 0 Å². The first kappa shape index (κ1) is 26.6. The largest absolute Gasteiger partial charge is 0.480 e. The lowest BCUT2D eigenvalue weighted by Gasteiger charge is -2.29. The lowest BCUT2D eigenvalue weighted by Crippen LogP contribution is -2.49. The minimum absolute atomic E-state index is 0.0128. The predicted octanol–water partition coefficient (Wildman–Crippen LogP) is 4.60. The highest BCUT2D eigenvalue weighted by atomic mass is 35.5. The molecule has 1 aliphatic carbocycles. The molecule has 2 atom stereocenters. The van der Waals surface area contributed by atoms with E-state index < -0.39 is 33.4 Å². The first-order valence-electron chi connectivity index (χ1n) is 12.0. The Morgan fingerprint density at radius 3 is 2.15 bits per heavy atom. The Morgan fingerprint density at radius 2 is 1.59 bits per heavy atom. The van der Waals surface area contributed by atoms with E-state index in [1.54, 1.807) is 48.5 Å². The highest BCUT2D eigenvalue weighted by Crippen LogP contribution is 2.57. The molecule has 0 unspecified atom stereocenters. The zero-order valence-electron chi connectivity index (χ0n) is 20.5. The van der Waals surface area contributed by atoms with E-state index in [-0.39, 0.29) is 30.1 Å². The van der Waals surface area contributed by atoms with Crippen molar-refractivity contribution >= 4 is 33.6 Å². The summed E-state index contributed by atoms with van der Waals surface area (Å²) in [6, 6.07) is 22.3. The van der Waals surface area contributed by atoms with Crippen LogP contribution in [0.2, 0.25) is 5.02 Å². The molecule has 0 aliphatic heterocycles. The molecule has 4 aromatic rings. The van der Waals surface area contributed by atoms with Crippen LogP contribution in [0.15, 0.2) is 96.3 Å². The van der Waals surface area contributed by atoms with Crippen LogP contribution in [-0.4, -0.2) is 56.5 Å². The molecule has 39 heavy (non-hydrogen) atoms. The van der Waals surface area contributed by atoms with Gasteiger partial charge in [0, 0.05) is 30.2 Å². The van der Waals surface area contributed by atoms with Crippen molar-refractivity contribution in [3.05, 3.63) is 108 Å². The number of benzene rings is 3. The minimum Gasteiger partial charge on any atom is -0.480 e. The summed E-state index contributed by atoms with van der Waals surface area (Å²) in [4.78, 5) is 27.7. The molecule has 0 spiro atoms. The lowest BCUT2D eigenvalue weighted by atomic mass is 10.1. The fraction of sp³-hybridized carbons (Fsp3) is 0.179. The summed E-state index contributed by atoms with van der Waals surface area (Å²) in [6.07, 6.45) is 2.67. The van der Waals surface area contributed by atoms with Gasteiger partial charge in [-0.1, -0.05) is 66.2 Å². The highest BCUT2D eigenvalue weighted by Gasteiger charge is 2.67. The van der Waals surface area contributed by atoms with Crippen LogP contribution >= 0.6 is 11.6 Å². The number of sulfonamides is 1. The Labute approximate surface area is 230 Å². The zero-order chi connectivity index (χ0) is 27.8. The number of carboxylic acid groups (broad SMARTS) is 2. The number of hydrogen-bond acceptors (Lipinski definition) is 5. The van der Waals surface area contributed by atoms with Crippen molar-refractivity contribution in [2.75, 3.05) is 6.54 Å². The molecule has 1 aromatic heterocycles. The Hall–Kier alpha value is -3.99. The Kier molecular flexibility index (Phi) is 7.02. The normalized spacial score (nSPS) is 18.7. The Morgan fingerprint density at radius 1 is 0.974 bits per heavy atom. The topological polar surface area (TPSA) is 130 Å². The van der Waals surface area contributed by atoms with E-state index in [2.05, 4.69) is 4.98 Å². The van der Waals surface area contributed by atoms with Crippen molar-refractivity contribution in [2.45, 2.75) is 29.3 Å². The van der Waals surface area contributed by atoms with Crippen LogP contribution in [-0.2, 0) is 21.4 Å². The fourth-order valence-corrected chi connectivity index (χ4v) is 6.76. The third-order valence-corrected chi connectivity index (χ3v) is 9.19. The van der Waals surface area contributed by atoms with Crippen molar-refractivity contribution < 1.29 is 28.2 Å². The van der Waals surface area contributed by atoms with E-state index in [9.17, 15) is 28.2 Å². The zero-order valence-corrected chi connectivity index (χ0v) is 22.1. The number of rotatable bonds is 10. The second-order valence-corrected chi connectivity index (χ2v) is 11.6. The van der Waals surface area contributed by atoms with Gasteiger partial charge in [0.2, 0.25) is 10.0 Å². The maximum atomic E-state index is 14.1. The number of halogens is 1. The van der Waals surface area contributed by atoms with Gasteiger partial charge in [0.25, 0.3) is 0 Å². The number of aromatic nitrogens is 2. The summed E-state index contributed by atoms with van der Waals surface area (Å²) >= 11 is 5.97. The van der Waals surface area contributed by atoms with E-state index in [1.807, 2.05) is 18.2 Å². The van der Waals surface area contributed by atoms with Gasteiger partial charge in [-0.25, -0.2) is 18.2 Å². The first-order valence-corrected chi connectivity index (χ1v) is 13.9. The van der Waals surface area contributed by atoms with Gasteiger partial charge in [0.1, 0.15) is 5.54 Å². The molecule has 11 heteroatoms. The van der Waals surface area contributed by atoms with Gasteiger partial charge in [-0.05, 0) is 47.4 Å². The number of carboxylic acids is 2. The summed E-state index contributed by atoms with van der Waals surface area (Å²) in [6.45, 7) is -0.189. The van der Waals surface area contributed by atoms with Crippen molar-refractivity contribution in [1.82, 2.24) is 13.9 Å². The van der Waals surface area contributed by atoms with E-state index in [0.29, 0.717) is 5.02 Å². The molecule has 1 aliphatic rings. The Bertz CT molecular complexity index is 1620. The number of carbonyl (C=O) groups is 2. The first-order chi connectivity index (χ1) is 18.6. The lowest BCUT2D eigenvalue weighted by molar-refractivity contribution is -0.143. The van der Waals surface area contributed by atoms with Gasteiger partial charge in [0.05, 0.1) is 11.2 Å². The molecule has 0 radical (unpaired) electrons. The van der Waals surface area contributed by atoms with E-state index in [0.717, 1.165) is 21.0 Å². The molecule has 1 fully saturated rings. The van der Waals surface area contributed by atoms with Crippen LogP contribution in [0.25, 0.3) is 11.1 Å². The molecule has 9 nitrogen and oxygen atoms in total. The average Bonchev–Trinajstić information content (AvgIpc) is 3.50. The quantitative estimate of drug-likeness (QED) is 0.287. The van der Waals surface area contributed by atoms with Gasteiger partial charge >= 0.3 is 11.9 Å². The van der Waals surface area contributed by atoms with Crippen LogP contribution < -0.4 is 0 Å². The number of hydrogen-bond donors (Lipinski definition) is 2. The second-order valence-electron chi connectivity index (χ2n) is 9.31. The van der Waals surface area contributed by atoms with Gasteiger partial charge in [0.15, 0.2) is 5.69 Å². The minimum atomic E-state index is -4.29. The average molecular weight is 566 g/mol. The van der Waals surface area contributed by atoms with Crippen molar-refractivity contribution in [3.8, 4) is 11.1 Å². The SMILES string of the molecule is O=C(O)c1cn(CCN([C@]2(C(=O)O)C[C@@H]2c2ccccc2)S(=O)(=O)c2ccc(-c3ccc(Cl)cc3)cc2)cn1. The molecule has 5 rings (SSSR count). The van der Waals surface area contributed by atoms with E-state index in [1.165, 1.54) is 29.2 Å². The molecule has 2 N–H and O–H groups in total. The van der Waals surface area contributed by atoms with Gasteiger partial charge < -0.3 is 14.8 Å². The number of aliphatic carboxylic acids is 1. The standard InChI is InChI=1S/C28H24ClN3O6S/c29-22-10-6-19(7-11-22)20-8-12-23(13-9-20)39(37,38)32(15-14-31-17-25(26(33)34)30-18-31)28(27(35)36)16-24(28)21-4-2-1-3-5-21/h1-13,17-18,24H,14-16H2,(H,33,34)(H,35,36)/t24-,28-/m1/s1. The monoisotopic (exact) mass is 565 g/mol. The highest BCUT2D eigenvalue weighted by molar-refractivity contribution is 7.89. The molecule has 0 amide bonds. The summed E-state index contributed by atoms with van der Waals surface area (Å²) in [7, 11) is -4.29. The maximum Gasteiger partial charge on any atom is 0.356 e. The van der Waals surface area contributed by atoms with Crippen LogP contribution in [0, 0.1) is 0 Å². The third-order valence-electron chi connectivity index (χ3n) is 6.98.